The van der Waals surface area contributed by atoms with Gasteiger partial charge < -0.3 is 15.0 Å². The highest BCUT2D eigenvalue weighted by Gasteiger charge is 2.23. The normalized spacial score (nSPS) is 15.9. The molecule has 0 radical (unpaired) electrons. The molecule has 1 aliphatic heterocycles. The molecule has 148 valence electrons. The number of pyridine rings is 1. The third-order valence-electron chi connectivity index (χ3n) is 5.73. The number of aromatic nitrogens is 3. The largest absolute Gasteiger partial charge is 0.497 e. The van der Waals surface area contributed by atoms with Crippen LogP contribution in [0.4, 0.5) is 11.5 Å². The molecule has 0 bridgehead atoms. The van der Waals surface area contributed by atoms with Gasteiger partial charge in [-0.25, -0.2) is 9.78 Å². The summed E-state index contributed by atoms with van der Waals surface area (Å²) in [5.41, 5.74) is 3.87. The zero-order valence-corrected chi connectivity index (χ0v) is 16.9. The molecule has 0 saturated carbocycles. The second kappa shape index (κ2) is 7.31. The fraction of sp³-hybridized carbons (Fsp3) is 0.429. The Balaban J connectivity index is 1.72. The van der Waals surface area contributed by atoms with Crippen molar-refractivity contribution in [2.75, 3.05) is 32.6 Å². The van der Waals surface area contributed by atoms with E-state index in [-0.39, 0.29) is 11.7 Å². The van der Waals surface area contributed by atoms with E-state index in [0.717, 1.165) is 59.8 Å². The Morgan fingerprint density at radius 2 is 1.89 bits per heavy atom. The first-order chi connectivity index (χ1) is 13.5. The van der Waals surface area contributed by atoms with Crippen LogP contribution in [0.5, 0.6) is 5.75 Å². The van der Waals surface area contributed by atoms with Crippen LogP contribution < -0.4 is 15.7 Å². The Labute approximate surface area is 164 Å². The number of hydrogen-bond donors (Lipinski definition) is 1. The van der Waals surface area contributed by atoms with Crippen LogP contribution in [0.25, 0.3) is 11.0 Å². The number of rotatable bonds is 4. The quantitative estimate of drug-likeness (QED) is 0.752. The molecule has 2 aromatic heterocycles. The molecular formula is C21H27N5O2. The van der Waals surface area contributed by atoms with E-state index in [4.69, 9.17) is 4.74 Å². The predicted molar refractivity (Wildman–Crippen MR) is 112 cm³/mol. The molecule has 1 aromatic carbocycles. The topological polar surface area (TPSA) is 64.3 Å². The second-order valence-corrected chi connectivity index (χ2v) is 7.61. The first kappa shape index (κ1) is 18.6. The van der Waals surface area contributed by atoms with E-state index in [1.54, 1.807) is 17.9 Å². The first-order valence-electron chi connectivity index (χ1n) is 9.65. The van der Waals surface area contributed by atoms with Crippen molar-refractivity contribution in [2.45, 2.75) is 25.8 Å². The Hall–Kier alpha value is -2.80. The van der Waals surface area contributed by atoms with Gasteiger partial charge in [-0.3, -0.25) is 9.13 Å². The number of imidazole rings is 1. The summed E-state index contributed by atoms with van der Waals surface area (Å²) in [6.45, 7) is 4.05. The molecule has 0 aliphatic carbocycles. The highest BCUT2D eigenvalue weighted by atomic mass is 16.5. The fourth-order valence-corrected chi connectivity index (χ4v) is 3.97. The third kappa shape index (κ3) is 3.26. The van der Waals surface area contributed by atoms with Crippen LogP contribution in [0.15, 0.2) is 35.3 Å². The van der Waals surface area contributed by atoms with Gasteiger partial charge >= 0.3 is 5.69 Å². The molecule has 1 aliphatic rings. The van der Waals surface area contributed by atoms with E-state index in [1.807, 2.05) is 42.8 Å². The lowest BCUT2D eigenvalue weighted by Crippen LogP contribution is -2.35. The van der Waals surface area contributed by atoms with E-state index in [9.17, 15) is 4.79 Å². The number of piperidine rings is 1. The van der Waals surface area contributed by atoms with Crippen LogP contribution in [0.1, 0.15) is 24.4 Å². The maximum Gasteiger partial charge on any atom is 0.329 e. The number of aryl methyl sites for hydroxylation is 2. The van der Waals surface area contributed by atoms with Crippen LogP contribution >= 0.6 is 0 Å². The molecule has 3 heterocycles. The number of ether oxygens (including phenoxy) is 1. The van der Waals surface area contributed by atoms with Crippen molar-refractivity contribution in [3.63, 3.8) is 0 Å². The van der Waals surface area contributed by atoms with E-state index in [1.165, 1.54) is 0 Å². The number of likely N-dealkylation sites (tertiary alicyclic amines) is 1. The molecule has 7 heteroatoms. The van der Waals surface area contributed by atoms with Gasteiger partial charge in [-0.05, 0) is 63.7 Å². The van der Waals surface area contributed by atoms with Crippen LogP contribution in [0, 0.1) is 6.92 Å². The highest BCUT2D eigenvalue weighted by molar-refractivity contribution is 5.79. The van der Waals surface area contributed by atoms with Gasteiger partial charge in [-0.1, -0.05) is 0 Å². The zero-order valence-electron chi connectivity index (χ0n) is 16.9. The summed E-state index contributed by atoms with van der Waals surface area (Å²) in [4.78, 5) is 19.8. The van der Waals surface area contributed by atoms with E-state index in [2.05, 4.69) is 22.2 Å². The summed E-state index contributed by atoms with van der Waals surface area (Å²) in [5, 5.41) is 3.38. The van der Waals surface area contributed by atoms with E-state index >= 15 is 0 Å². The number of nitrogens with one attached hydrogen (secondary N) is 1. The predicted octanol–water partition coefficient (Wildman–Crippen LogP) is 3.06. The van der Waals surface area contributed by atoms with Crippen LogP contribution in [0.3, 0.4) is 0 Å². The summed E-state index contributed by atoms with van der Waals surface area (Å²) < 4.78 is 8.93. The second-order valence-electron chi connectivity index (χ2n) is 7.61. The smallest absolute Gasteiger partial charge is 0.329 e. The third-order valence-corrected chi connectivity index (χ3v) is 5.73. The molecular weight excluding hydrogens is 354 g/mol. The molecule has 1 N–H and O–H groups in total. The summed E-state index contributed by atoms with van der Waals surface area (Å²) >= 11 is 0. The van der Waals surface area contributed by atoms with Gasteiger partial charge in [0.2, 0.25) is 0 Å². The van der Waals surface area contributed by atoms with Crippen LogP contribution in [-0.4, -0.2) is 46.3 Å². The fourth-order valence-electron chi connectivity index (χ4n) is 3.97. The van der Waals surface area contributed by atoms with Crippen LogP contribution in [-0.2, 0) is 7.05 Å². The number of hydrogen-bond acceptors (Lipinski definition) is 5. The summed E-state index contributed by atoms with van der Waals surface area (Å²) in [5.74, 6) is 1.55. The van der Waals surface area contributed by atoms with Crippen molar-refractivity contribution in [1.29, 1.82) is 0 Å². The van der Waals surface area contributed by atoms with Crippen molar-refractivity contribution in [1.82, 2.24) is 19.0 Å². The maximum absolute atomic E-state index is 12.9. The van der Waals surface area contributed by atoms with E-state index < -0.39 is 0 Å². The molecule has 3 aromatic rings. The molecule has 0 spiro atoms. The minimum Gasteiger partial charge on any atom is -0.497 e. The van der Waals surface area contributed by atoms with Gasteiger partial charge in [-0.2, -0.15) is 0 Å². The SMILES string of the molecule is COc1ccc(Nc2cc3c(cn2)n(C)c(=O)n3C2CCN(C)CC2)c(C)c1. The van der Waals surface area contributed by atoms with Crippen molar-refractivity contribution in [3.8, 4) is 5.75 Å². The Bertz CT molecular complexity index is 1060. The van der Waals surface area contributed by atoms with Crippen molar-refractivity contribution < 1.29 is 4.74 Å². The van der Waals surface area contributed by atoms with Gasteiger partial charge in [0.1, 0.15) is 11.6 Å². The molecule has 1 saturated heterocycles. The van der Waals surface area contributed by atoms with Gasteiger partial charge in [0.25, 0.3) is 0 Å². The Kier molecular flexibility index (Phi) is 4.85. The van der Waals surface area contributed by atoms with E-state index in [0.29, 0.717) is 0 Å². The van der Waals surface area contributed by atoms with Gasteiger partial charge in [-0.15, -0.1) is 0 Å². The van der Waals surface area contributed by atoms with Crippen molar-refractivity contribution in [2.24, 2.45) is 7.05 Å². The molecule has 0 atom stereocenters. The van der Waals surface area contributed by atoms with Crippen molar-refractivity contribution >= 4 is 22.5 Å². The molecule has 28 heavy (non-hydrogen) atoms. The minimum absolute atomic E-state index is 0.0316. The molecule has 0 amide bonds. The van der Waals surface area contributed by atoms with Crippen LogP contribution in [0.2, 0.25) is 0 Å². The lowest BCUT2D eigenvalue weighted by atomic mass is 10.1. The number of methoxy groups -OCH3 is 1. The molecule has 1 fully saturated rings. The monoisotopic (exact) mass is 381 g/mol. The van der Waals surface area contributed by atoms with Crippen molar-refractivity contribution in [3.05, 3.63) is 46.5 Å². The average molecular weight is 381 g/mol. The summed E-state index contributed by atoms with van der Waals surface area (Å²) in [6.07, 6.45) is 3.75. The minimum atomic E-state index is 0.0316. The average Bonchev–Trinajstić information content (AvgIpc) is 2.94. The zero-order chi connectivity index (χ0) is 19.8. The van der Waals surface area contributed by atoms with Gasteiger partial charge in [0, 0.05) is 24.8 Å². The Morgan fingerprint density at radius 3 is 2.57 bits per heavy atom. The number of fused-ring (bicyclic) bond motifs is 1. The maximum atomic E-state index is 12.9. The standard InChI is InChI=1S/C21H27N5O2/c1-14-11-16(28-4)5-6-17(14)23-20-12-18-19(13-22-20)25(3)21(27)26(18)15-7-9-24(2)10-8-15/h5-6,11-13,15H,7-10H2,1-4H3,(H,22,23). The molecule has 7 nitrogen and oxygen atoms in total. The molecule has 0 unspecified atom stereocenters. The first-order valence-corrected chi connectivity index (χ1v) is 9.65. The number of nitrogens with zero attached hydrogens (tertiary/aromatic N) is 4. The Morgan fingerprint density at radius 1 is 1.14 bits per heavy atom. The highest BCUT2D eigenvalue weighted by Crippen LogP contribution is 2.28. The van der Waals surface area contributed by atoms with Gasteiger partial charge in [0.05, 0.1) is 24.3 Å². The molecule has 4 rings (SSSR count). The number of benzene rings is 1. The lowest BCUT2D eigenvalue weighted by molar-refractivity contribution is 0.221. The lowest BCUT2D eigenvalue weighted by Gasteiger charge is -2.29. The summed E-state index contributed by atoms with van der Waals surface area (Å²) in [7, 11) is 5.61. The van der Waals surface area contributed by atoms with Gasteiger partial charge in [0.15, 0.2) is 0 Å². The summed E-state index contributed by atoms with van der Waals surface area (Å²) in [6, 6.07) is 8.10. The number of anilines is 2.